The molecule has 2 nitrogen and oxygen atoms in total. The zero-order chi connectivity index (χ0) is 20.9. The van der Waals surface area contributed by atoms with E-state index in [9.17, 15) is 5.11 Å². The topological polar surface area (TPSA) is 23.5 Å². The van der Waals surface area contributed by atoms with E-state index in [2.05, 4.69) is 61.8 Å². The van der Waals surface area contributed by atoms with Crippen LogP contribution in [-0.2, 0) is 18.5 Å². The zero-order valence-electron chi connectivity index (χ0n) is 18.5. The van der Waals surface area contributed by atoms with Gasteiger partial charge in [-0.05, 0) is 86.8 Å². The summed E-state index contributed by atoms with van der Waals surface area (Å²) in [6.45, 7) is 7.76. The van der Waals surface area contributed by atoms with Crippen LogP contribution >= 0.6 is 0 Å². The van der Waals surface area contributed by atoms with Gasteiger partial charge in [0.25, 0.3) is 0 Å². The van der Waals surface area contributed by atoms with Crippen LogP contribution in [0.2, 0.25) is 0 Å². The van der Waals surface area contributed by atoms with Crippen LogP contribution in [-0.4, -0.2) is 17.1 Å². The molecule has 6 rings (SSSR count). The summed E-state index contributed by atoms with van der Waals surface area (Å²) in [6, 6.07) is 12.9. The standard InChI is InChI=1S/C28H35NO/c1-4-23-7-5-6-8-24(23)17-29(3)18-25-9-19(2)10-26(27(25)30)28-14-20-11-21(15-28)13-22(12-20)16-28/h4-10,20-22,30H,1,11-18H2,2-3H3. The Morgan fingerprint density at radius 1 is 1.00 bits per heavy atom. The Labute approximate surface area is 181 Å². The third-order valence-corrected chi connectivity index (χ3v) is 8.10. The third-order valence-electron chi connectivity index (χ3n) is 8.10. The van der Waals surface area contributed by atoms with E-state index in [1.54, 1.807) is 0 Å². The minimum atomic E-state index is 0.230. The maximum absolute atomic E-state index is 11.4. The van der Waals surface area contributed by atoms with Gasteiger partial charge in [-0.2, -0.15) is 0 Å². The Morgan fingerprint density at radius 2 is 1.60 bits per heavy atom. The summed E-state index contributed by atoms with van der Waals surface area (Å²) in [7, 11) is 2.14. The second kappa shape index (κ2) is 7.57. The second-order valence-corrected chi connectivity index (χ2v) is 10.6. The minimum Gasteiger partial charge on any atom is -0.507 e. The number of nitrogens with zero attached hydrogens (tertiary/aromatic N) is 1. The normalized spacial score (nSPS) is 29.5. The van der Waals surface area contributed by atoms with Gasteiger partial charge in [0.2, 0.25) is 0 Å². The van der Waals surface area contributed by atoms with E-state index < -0.39 is 0 Å². The van der Waals surface area contributed by atoms with Crippen LogP contribution in [0.3, 0.4) is 0 Å². The first-order valence-electron chi connectivity index (χ1n) is 11.7. The molecule has 0 atom stereocenters. The summed E-state index contributed by atoms with van der Waals surface area (Å²) in [5.41, 5.74) is 6.33. The lowest BCUT2D eigenvalue weighted by Crippen LogP contribution is -2.48. The summed E-state index contributed by atoms with van der Waals surface area (Å²) in [6.07, 6.45) is 10.1. The van der Waals surface area contributed by atoms with Crippen LogP contribution in [0.4, 0.5) is 0 Å². The van der Waals surface area contributed by atoms with Gasteiger partial charge < -0.3 is 5.11 Å². The van der Waals surface area contributed by atoms with Crippen molar-refractivity contribution in [3.63, 3.8) is 0 Å². The lowest BCUT2D eigenvalue weighted by atomic mass is 9.48. The van der Waals surface area contributed by atoms with Gasteiger partial charge in [0.15, 0.2) is 0 Å². The van der Waals surface area contributed by atoms with Crippen molar-refractivity contribution >= 4 is 6.08 Å². The number of phenolic OH excluding ortho intramolecular Hbond substituents is 1. The van der Waals surface area contributed by atoms with Crippen LogP contribution < -0.4 is 0 Å². The molecule has 30 heavy (non-hydrogen) atoms. The fraction of sp³-hybridized carbons (Fsp3) is 0.500. The Hall–Kier alpha value is -2.06. The highest BCUT2D eigenvalue weighted by molar-refractivity contribution is 5.52. The molecule has 0 heterocycles. The van der Waals surface area contributed by atoms with Crippen LogP contribution in [0.25, 0.3) is 6.08 Å². The SMILES string of the molecule is C=Cc1ccccc1CN(C)Cc1cc(C)cc(C23CC4CC(CC(C4)C2)C3)c1O. The Bertz CT molecular complexity index is 924. The monoisotopic (exact) mass is 401 g/mol. The number of aryl methyl sites for hydroxylation is 1. The molecule has 0 amide bonds. The highest BCUT2D eigenvalue weighted by Crippen LogP contribution is 2.62. The molecular formula is C28H35NO. The summed E-state index contributed by atoms with van der Waals surface area (Å²) in [4.78, 5) is 2.31. The van der Waals surface area contributed by atoms with E-state index in [0.29, 0.717) is 5.75 Å². The molecule has 158 valence electrons. The van der Waals surface area contributed by atoms with E-state index in [1.807, 2.05) is 6.08 Å². The van der Waals surface area contributed by atoms with Gasteiger partial charge in [-0.1, -0.05) is 54.6 Å². The molecule has 1 N–H and O–H groups in total. The number of rotatable bonds is 6. The van der Waals surface area contributed by atoms with Crippen molar-refractivity contribution in [3.8, 4) is 5.75 Å². The molecule has 0 unspecified atom stereocenters. The number of aromatic hydroxyl groups is 1. The number of phenols is 1. The molecule has 2 aromatic rings. The molecule has 0 aliphatic heterocycles. The maximum atomic E-state index is 11.4. The molecule has 4 bridgehead atoms. The smallest absolute Gasteiger partial charge is 0.123 e. The number of hydrogen-bond acceptors (Lipinski definition) is 2. The van der Waals surface area contributed by atoms with E-state index in [0.717, 1.165) is 36.4 Å². The highest BCUT2D eigenvalue weighted by Gasteiger charge is 2.52. The molecule has 0 spiro atoms. The predicted molar refractivity (Wildman–Crippen MR) is 124 cm³/mol. The summed E-state index contributed by atoms with van der Waals surface area (Å²) < 4.78 is 0. The van der Waals surface area contributed by atoms with Gasteiger partial charge >= 0.3 is 0 Å². The van der Waals surface area contributed by atoms with Gasteiger partial charge in [-0.3, -0.25) is 4.90 Å². The average molecular weight is 402 g/mol. The van der Waals surface area contributed by atoms with Crippen molar-refractivity contribution in [2.24, 2.45) is 17.8 Å². The fourth-order valence-electron chi connectivity index (χ4n) is 7.33. The largest absolute Gasteiger partial charge is 0.507 e. The molecule has 4 aliphatic carbocycles. The first-order chi connectivity index (χ1) is 14.5. The van der Waals surface area contributed by atoms with E-state index in [4.69, 9.17) is 0 Å². The Balaban J connectivity index is 1.42. The predicted octanol–water partition coefficient (Wildman–Crippen LogP) is 6.44. The van der Waals surface area contributed by atoms with Crippen molar-refractivity contribution in [1.82, 2.24) is 4.90 Å². The molecule has 4 fully saturated rings. The van der Waals surface area contributed by atoms with Crippen LogP contribution in [0.5, 0.6) is 5.75 Å². The van der Waals surface area contributed by atoms with Gasteiger partial charge in [-0.25, -0.2) is 0 Å². The van der Waals surface area contributed by atoms with Crippen LogP contribution in [0.1, 0.15) is 66.3 Å². The quantitative estimate of drug-likeness (QED) is 0.602. The minimum absolute atomic E-state index is 0.230. The molecule has 4 aliphatic rings. The average Bonchev–Trinajstić information content (AvgIpc) is 2.69. The summed E-state index contributed by atoms with van der Waals surface area (Å²) >= 11 is 0. The van der Waals surface area contributed by atoms with Crippen LogP contribution in [0, 0.1) is 24.7 Å². The van der Waals surface area contributed by atoms with Crippen molar-refractivity contribution in [3.05, 3.63) is 70.8 Å². The first kappa shape index (κ1) is 19.9. The van der Waals surface area contributed by atoms with E-state index in [1.165, 1.54) is 60.8 Å². The van der Waals surface area contributed by atoms with Crippen molar-refractivity contribution in [2.45, 2.75) is 64.0 Å². The Kier molecular flexibility index (Phi) is 5.01. The van der Waals surface area contributed by atoms with Crippen molar-refractivity contribution in [2.75, 3.05) is 7.05 Å². The summed E-state index contributed by atoms with van der Waals surface area (Å²) in [5, 5.41) is 11.4. The van der Waals surface area contributed by atoms with Crippen molar-refractivity contribution in [1.29, 1.82) is 0 Å². The Morgan fingerprint density at radius 3 is 2.23 bits per heavy atom. The van der Waals surface area contributed by atoms with Gasteiger partial charge in [0, 0.05) is 24.2 Å². The number of hydrogen-bond donors (Lipinski definition) is 1. The maximum Gasteiger partial charge on any atom is 0.123 e. The lowest BCUT2D eigenvalue weighted by Gasteiger charge is -2.57. The molecular weight excluding hydrogens is 366 g/mol. The van der Waals surface area contributed by atoms with Crippen LogP contribution in [0.15, 0.2) is 43.0 Å². The molecule has 2 heteroatoms. The lowest BCUT2D eigenvalue weighted by molar-refractivity contribution is -0.00624. The van der Waals surface area contributed by atoms with Gasteiger partial charge in [0.1, 0.15) is 5.75 Å². The number of benzene rings is 2. The van der Waals surface area contributed by atoms with E-state index >= 15 is 0 Å². The third kappa shape index (κ3) is 3.50. The molecule has 0 saturated heterocycles. The fourth-order valence-corrected chi connectivity index (χ4v) is 7.33. The molecule has 0 aromatic heterocycles. The van der Waals surface area contributed by atoms with Crippen molar-refractivity contribution < 1.29 is 5.11 Å². The molecule has 0 radical (unpaired) electrons. The van der Waals surface area contributed by atoms with E-state index in [-0.39, 0.29) is 5.41 Å². The van der Waals surface area contributed by atoms with Gasteiger partial charge in [-0.15, -0.1) is 0 Å². The molecule has 2 aromatic carbocycles. The van der Waals surface area contributed by atoms with Gasteiger partial charge in [0.05, 0.1) is 0 Å². The second-order valence-electron chi connectivity index (χ2n) is 10.6. The first-order valence-corrected chi connectivity index (χ1v) is 11.7. The zero-order valence-corrected chi connectivity index (χ0v) is 18.5. The molecule has 4 saturated carbocycles. The highest BCUT2D eigenvalue weighted by atomic mass is 16.3. The summed E-state index contributed by atoms with van der Waals surface area (Å²) in [5.74, 6) is 3.24.